The van der Waals surface area contributed by atoms with Crippen molar-refractivity contribution >= 4 is 55.3 Å². The van der Waals surface area contributed by atoms with Gasteiger partial charge in [-0.15, -0.1) is 22.7 Å². The Morgan fingerprint density at radius 3 is 2.93 bits per heavy atom. The second-order valence-electron chi connectivity index (χ2n) is 2.86. The monoisotopic (exact) mass is 322 g/mol. The minimum atomic E-state index is 0.557. The van der Waals surface area contributed by atoms with Gasteiger partial charge in [0.25, 0.3) is 0 Å². The molecule has 2 aromatic rings. The van der Waals surface area contributed by atoms with Crippen molar-refractivity contribution in [3.8, 4) is 0 Å². The first-order valence-electron chi connectivity index (χ1n) is 4.33. The van der Waals surface area contributed by atoms with E-state index in [4.69, 9.17) is 11.6 Å². The lowest BCUT2D eigenvalue weighted by Crippen LogP contribution is -2.03. The summed E-state index contributed by atoms with van der Waals surface area (Å²) < 4.78 is 1.18. The van der Waals surface area contributed by atoms with Gasteiger partial charge in [0.1, 0.15) is 5.15 Å². The average molecular weight is 324 g/mol. The predicted octanol–water partition coefficient (Wildman–Crippen LogP) is 4.28. The molecule has 0 bridgehead atoms. The number of hydrogen-bond acceptors (Lipinski definition) is 4. The zero-order chi connectivity index (χ0) is 10.7. The standard InChI is InChI=1S/C9H8BrClN2S2/c10-7-2-1-6(15-7)3-4-12-9-13-8(11)5-14-9/h1-2,5H,3-4H2,(H,12,13). The van der Waals surface area contributed by atoms with E-state index in [0.29, 0.717) is 5.15 Å². The zero-order valence-electron chi connectivity index (χ0n) is 7.67. The Hall–Kier alpha value is -0.100. The Bertz CT molecular complexity index is 401. The van der Waals surface area contributed by atoms with Crippen molar-refractivity contribution in [2.24, 2.45) is 0 Å². The molecule has 0 amide bonds. The topological polar surface area (TPSA) is 24.9 Å². The van der Waals surface area contributed by atoms with Gasteiger partial charge in [-0.25, -0.2) is 4.98 Å². The van der Waals surface area contributed by atoms with Crippen LogP contribution in [0.15, 0.2) is 21.3 Å². The average Bonchev–Trinajstić information content (AvgIpc) is 2.76. The number of hydrogen-bond donors (Lipinski definition) is 1. The molecule has 0 spiro atoms. The Kier molecular flexibility index (Phi) is 4.02. The van der Waals surface area contributed by atoms with Gasteiger partial charge in [0, 0.05) is 16.8 Å². The summed E-state index contributed by atoms with van der Waals surface area (Å²) in [6.45, 7) is 0.886. The molecule has 6 heteroatoms. The molecular formula is C9H8BrClN2S2. The summed E-state index contributed by atoms with van der Waals surface area (Å²) in [5, 5.41) is 6.50. The lowest BCUT2D eigenvalue weighted by Gasteiger charge is -1.99. The highest BCUT2D eigenvalue weighted by Crippen LogP contribution is 2.23. The number of nitrogens with one attached hydrogen (secondary N) is 1. The highest BCUT2D eigenvalue weighted by molar-refractivity contribution is 9.11. The van der Waals surface area contributed by atoms with Gasteiger partial charge in [-0.2, -0.15) is 0 Å². The van der Waals surface area contributed by atoms with Crippen molar-refractivity contribution in [2.45, 2.75) is 6.42 Å². The van der Waals surface area contributed by atoms with Crippen LogP contribution in [0.4, 0.5) is 5.13 Å². The normalized spacial score (nSPS) is 10.5. The van der Waals surface area contributed by atoms with Crippen LogP contribution in [-0.2, 0) is 6.42 Å². The molecule has 80 valence electrons. The lowest BCUT2D eigenvalue weighted by molar-refractivity contribution is 1.04. The molecule has 0 fully saturated rings. The van der Waals surface area contributed by atoms with E-state index in [1.54, 1.807) is 11.3 Å². The molecule has 2 aromatic heterocycles. The second kappa shape index (κ2) is 5.30. The molecule has 0 atom stereocenters. The van der Waals surface area contributed by atoms with Gasteiger partial charge in [0.05, 0.1) is 3.79 Å². The van der Waals surface area contributed by atoms with E-state index in [2.05, 4.69) is 38.4 Å². The maximum absolute atomic E-state index is 5.71. The number of anilines is 1. The number of nitrogens with zero attached hydrogens (tertiary/aromatic N) is 1. The summed E-state index contributed by atoms with van der Waals surface area (Å²) in [6.07, 6.45) is 1.01. The number of rotatable bonds is 4. The fourth-order valence-electron chi connectivity index (χ4n) is 1.11. The van der Waals surface area contributed by atoms with Crippen LogP contribution in [-0.4, -0.2) is 11.5 Å². The number of halogens is 2. The van der Waals surface area contributed by atoms with Gasteiger partial charge in [0.2, 0.25) is 0 Å². The summed E-state index contributed by atoms with van der Waals surface area (Å²) >= 11 is 12.4. The molecule has 2 nitrogen and oxygen atoms in total. The van der Waals surface area contributed by atoms with Gasteiger partial charge in [-0.05, 0) is 34.5 Å². The SMILES string of the molecule is Clc1csc(NCCc2ccc(Br)s2)n1. The van der Waals surface area contributed by atoms with Crippen molar-refractivity contribution in [3.05, 3.63) is 31.3 Å². The Morgan fingerprint density at radius 1 is 1.47 bits per heavy atom. The quantitative estimate of drug-likeness (QED) is 0.908. The number of thiophene rings is 1. The van der Waals surface area contributed by atoms with E-state index in [9.17, 15) is 0 Å². The first-order chi connectivity index (χ1) is 7.24. The fraction of sp³-hybridized carbons (Fsp3) is 0.222. The maximum Gasteiger partial charge on any atom is 0.184 e. The van der Waals surface area contributed by atoms with Gasteiger partial charge >= 0.3 is 0 Å². The number of aromatic nitrogens is 1. The molecule has 0 aliphatic rings. The van der Waals surface area contributed by atoms with Crippen LogP contribution in [0.25, 0.3) is 0 Å². The fourth-order valence-corrected chi connectivity index (χ4v) is 3.46. The molecule has 2 rings (SSSR count). The summed E-state index contributed by atoms with van der Waals surface area (Å²) in [7, 11) is 0. The summed E-state index contributed by atoms with van der Waals surface area (Å²) in [5.41, 5.74) is 0. The summed E-state index contributed by atoms with van der Waals surface area (Å²) in [5.74, 6) is 0. The smallest absolute Gasteiger partial charge is 0.184 e. The van der Waals surface area contributed by atoms with Gasteiger partial charge < -0.3 is 5.32 Å². The molecule has 15 heavy (non-hydrogen) atoms. The third-order valence-electron chi connectivity index (χ3n) is 1.75. The summed E-state index contributed by atoms with van der Waals surface area (Å²) in [4.78, 5) is 5.47. The van der Waals surface area contributed by atoms with Crippen molar-refractivity contribution < 1.29 is 0 Å². The van der Waals surface area contributed by atoms with Crippen LogP contribution >= 0.6 is 50.2 Å². The maximum atomic E-state index is 5.71. The minimum Gasteiger partial charge on any atom is -0.361 e. The van der Waals surface area contributed by atoms with Crippen LogP contribution in [0.5, 0.6) is 0 Å². The Morgan fingerprint density at radius 2 is 2.33 bits per heavy atom. The minimum absolute atomic E-state index is 0.557. The first-order valence-corrected chi connectivity index (χ1v) is 7.20. The highest BCUT2D eigenvalue weighted by atomic mass is 79.9. The van der Waals surface area contributed by atoms with Gasteiger partial charge in [-0.1, -0.05) is 11.6 Å². The molecule has 0 aromatic carbocycles. The Balaban J connectivity index is 1.80. The third kappa shape index (κ3) is 3.45. The lowest BCUT2D eigenvalue weighted by atomic mass is 10.3. The molecule has 2 heterocycles. The predicted molar refractivity (Wildman–Crippen MR) is 71.3 cm³/mol. The first kappa shape index (κ1) is 11.4. The van der Waals surface area contributed by atoms with Crippen molar-refractivity contribution in [1.82, 2.24) is 4.98 Å². The van der Waals surface area contributed by atoms with E-state index in [1.807, 2.05) is 5.38 Å². The molecular weight excluding hydrogens is 316 g/mol. The summed E-state index contributed by atoms with van der Waals surface area (Å²) in [6, 6.07) is 4.20. The van der Waals surface area contributed by atoms with E-state index >= 15 is 0 Å². The second-order valence-corrected chi connectivity index (χ2v) is 6.65. The Labute approximate surface area is 109 Å². The van der Waals surface area contributed by atoms with Crippen LogP contribution in [0.1, 0.15) is 4.88 Å². The molecule has 0 radical (unpaired) electrons. The highest BCUT2D eigenvalue weighted by Gasteiger charge is 2.00. The molecule has 0 aliphatic heterocycles. The van der Waals surface area contributed by atoms with Gasteiger partial charge in [-0.3, -0.25) is 0 Å². The third-order valence-corrected chi connectivity index (χ3v) is 4.56. The molecule has 0 unspecified atom stereocenters. The van der Waals surface area contributed by atoms with E-state index < -0.39 is 0 Å². The molecule has 0 saturated carbocycles. The van der Waals surface area contributed by atoms with Crippen molar-refractivity contribution in [2.75, 3.05) is 11.9 Å². The van der Waals surface area contributed by atoms with Crippen LogP contribution in [0.2, 0.25) is 5.15 Å². The van der Waals surface area contributed by atoms with Crippen LogP contribution in [0, 0.1) is 0 Å². The zero-order valence-corrected chi connectivity index (χ0v) is 11.6. The number of thiazole rings is 1. The molecule has 1 N–H and O–H groups in total. The molecule has 0 saturated heterocycles. The van der Waals surface area contributed by atoms with E-state index in [0.717, 1.165) is 18.1 Å². The van der Waals surface area contributed by atoms with E-state index in [-0.39, 0.29) is 0 Å². The van der Waals surface area contributed by atoms with Crippen LogP contribution < -0.4 is 5.32 Å². The van der Waals surface area contributed by atoms with E-state index in [1.165, 1.54) is 20.0 Å². The van der Waals surface area contributed by atoms with Gasteiger partial charge in [0.15, 0.2) is 5.13 Å². The van der Waals surface area contributed by atoms with Crippen molar-refractivity contribution in [1.29, 1.82) is 0 Å². The van der Waals surface area contributed by atoms with Crippen molar-refractivity contribution in [3.63, 3.8) is 0 Å². The van der Waals surface area contributed by atoms with Crippen LogP contribution in [0.3, 0.4) is 0 Å². The molecule has 0 aliphatic carbocycles. The largest absolute Gasteiger partial charge is 0.361 e.